The Labute approximate surface area is 111 Å². The Morgan fingerprint density at radius 2 is 1.53 bits per heavy atom. The topological polar surface area (TPSA) is 12.0 Å². The highest BCUT2D eigenvalue weighted by molar-refractivity contribution is 5.66. The van der Waals surface area contributed by atoms with Crippen LogP contribution in [0.2, 0.25) is 0 Å². The number of hydrogen-bond donors (Lipinski definition) is 1. The number of benzene rings is 2. The summed E-state index contributed by atoms with van der Waals surface area (Å²) in [5.74, 6) is -1.02. The smallest absolute Gasteiger partial charge is 0.133 e. The van der Waals surface area contributed by atoms with Crippen molar-refractivity contribution in [2.75, 3.05) is 13.1 Å². The highest BCUT2D eigenvalue weighted by Gasteiger charge is 2.14. The molecular weight excluding hydrogens is 244 g/mol. The average molecular weight is 259 g/mol. The standard InChI is InChI=1S/C16H15F2N/c17-14-2-1-3-15(18)16(14)13-5-4-11-6-8-19-9-7-12(11)10-13/h1-5,10,19H,6-9H2. The Morgan fingerprint density at radius 1 is 0.842 bits per heavy atom. The van der Waals surface area contributed by atoms with E-state index in [4.69, 9.17) is 0 Å². The van der Waals surface area contributed by atoms with Crippen LogP contribution in [0.1, 0.15) is 11.1 Å². The Kier molecular flexibility index (Phi) is 3.30. The van der Waals surface area contributed by atoms with Crippen LogP contribution >= 0.6 is 0 Å². The molecule has 0 spiro atoms. The highest BCUT2D eigenvalue weighted by atomic mass is 19.1. The van der Waals surface area contributed by atoms with E-state index in [0.717, 1.165) is 25.9 Å². The van der Waals surface area contributed by atoms with Gasteiger partial charge < -0.3 is 5.32 Å². The molecule has 0 saturated heterocycles. The minimum absolute atomic E-state index is 0.0718. The first kappa shape index (κ1) is 12.3. The van der Waals surface area contributed by atoms with Crippen LogP contribution in [0, 0.1) is 11.6 Å². The fraction of sp³-hybridized carbons (Fsp3) is 0.250. The molecule has 0 amide bonds. The molecule has 1 N–H and O–H groups in total. The van der Waals surface area contributed by atoms with Crippen molar-refractivity contribution in [1.29, 1.82) is 0 Å². The van der Waals surface area contributed by atoms with E-state index in [0.29, 0.717) is 5.56 Å². The third kappa shape index (κ3) is 2.38. The second-order valence-corrected chi connectivity index (χ2v) is 4.83. The predicted molar refractivity (Wildman–Crippen MR) is 72.1 cm³/mol. The van der Waals surface area contributed by atoms with E-state index in [1.807, 2.05) is 18.2 Å². The maximum atomic E-state index is 13.8. The van der Waals surface area contributed by atoms with Crippen molar-refractivity contribution in [3.05, 3.63) is 59.2 Å². The SMILES string of the molecule is Fc1cccc(F)c1-c1ccc2c(c1)CCNCC2. The summed E-state index contributed by atoms with van der Waals surface area (Å²) < 4.78 is 27.6. The molecule has 0 bridgehead atoms. The van der Waals surface area contributed by atoms with Crippen molar-refractivity contribution in [1.82, 2.24) is 5.32 Å². The molecule has 0 aliphatic carbocycles. The summed E-state index contributed by atoms with van der Waals surface area (Å²) in [6.45, 7) is 1.87. The minimum Gasteiger partial charge on any atom is -0.316 e. The fourth-order valence-corrected chi connectivity index (χ4v) is 2.60. The van der Waals surface area contributed by atoms with Crippen LogP contribution in [0.5, 0.6) is 0 Å². The maximum absolute atomic E-state index is 13.8. The van der Waals surface area contributed by atoms with E-state index < -0.39 is 11.6 Å². The summed E-state index contributed by atoms with van der Waals surface area (Å²) in [5, 5.41) is 3.33. The molecule has 2 aromatic rings. The lowest BCUT2D eigenvalue weighted by molar-refractivity contribution is 0.589. The second-order valence-electron chi connectivity index (χ2n) is 4.83. The van der Waals surface area contributed by atoms with Gasteiger partial charge in [-0.1, -0.05) is 24.3 Å². The maximum Gasteiger partial charge on any atom is 0.133 e. The average Bonchev–Trinajstić information content (AvgIpc) is 2.63. The zero-order valence-electron chi connectivity index (χ0n) is 10.5. The van der Waals surface area contributed by atoms with Crippen LogP contribution in [0.25, 0.3) is 11.1 Å². The number of rotatable bonds is 1. The van der Waals surface area contributed by atoms with Crippen LogP contribution in [0.4, 0.5) is 8.78 Å². The molecule has 2 aromatic carbocycles. The normalized spacial score (nSPS) is 14.8. The summed E-state index contributed by atoms with van der Waals surface area (Å²) in [6, 6.07) is 9.71. The Hall–Kier alpha value is -1.74. The minimum atomic E-state index is -0.508. The van der Waals surface area contributed by atoms with Crippen molar-refractivity contribution in [3.8, 4) is 11.1 Å². The van der Waals surface area contributed by atoms with Gasteiger partial charge in [0.2, 0.25) is 0 Å². The van der Waals surface area contributed by atoms with E-state index >= 15 is 0 Å². The Bertz CT molecular complexity index is 587. The Balaban J connectivity index is 2.09. The molecule has 98 valence electrons. The van der Waals surface area contributed by atoms with Crippen LogP contribution in [0.15, 0.2) is 36.4 Å². The monoisotopic (exact) mass is 259 g/mol. The van der Waals surface area contributed by atoms with Crippen LogP contribution < -0.4 is 5.32 Å². The molecule has 1 heterocycles. The zero-order chi connectivity index (χ0) is 13.2. The molecule has 0 fully saturated rings. The summed E-state index contributed by atoms with van der Waals surface area (Å²) in [7, 11) is 0. The molecule has 1 aliphatic heterocycles. The van der Waals surface area contributed by atoms with E-state index in [-0.39, 0.29) is 5.56 Å². The molecule has 19 heavy (non-hydrogen) atoms. The number of nitrogens with one attached hydrogen (secondary N) is 1. The van der Waals surface area contributed by atoms with Crippen molar-refractivity contribution >= 4 is 0 Å². The number of fused-ring (bicyclic) bond motifs is 1. The summed E-state index contributed by atoms with van der Waals surface area (Å²) in [5.41, 5.74) is 3.15. The first-order chi connectivity index (χ1) is 9.25. The van der Waals surface area contributed by atoms with Crippen LogP contribution in [0.3, 0.4) is 0 Å². The first-order valence-corrected chi connectivity index (χ1v) is 6.52. The van der Waals surface area contributed by atoms with Crippen molar-refractivity contribution in [3.63, 3.8) is 0 Å². The van der Waals surface area contributed by atoms with Gasteiger partial charge in [0, 0.05) is 0 Å². The third-order valence-corrected chi connectivity index (χ3v) is 3.60. The van der Waals surface area contributed by atoms with Gasteiger partial charge >= 0.3 is 0 Å². The lowest BCUT2D eigenvalue weighted by atomic mass is 9.96. The molecule has 0 atom stereocenters. The van der Waals surface area contributed by atoms with Gasteiger partial charge in [0.1, 0.15) is 11.6 Å². The quantitative estimate of drug-likeness (QED) is 0.828. The largest absolute Gasteiger partial charge is 0.316 e. The van der Waals surface area contributed by atoms with Gasteiger partial charge in [-0.05, 0) is 54.8 Å². The van der Waals surface area contributed by atoms with Gasteiger partial charge in [0.05, 0.1) is 5.56 Å². The molecule has 1 nitrogen and oxygen atoms in total. The molecule has 0 radical (unpaired) electrons. The van der Waals surface area contributed by atoms with Gasteiger partial charge in [-0.2, -0.15) is 0 Å². The van der Waals surface area contributed by atoms with E-state index in [9.17, 15) is 8.78 Å². The van der Waals surface area contributed by atoms with Gasteiger partial charge in [-0.25, -0.2) is 8.78 Å². The lowest BCUT2D eigenvalue weighted by Crippen LogP contribution is -2.16. The number of hydrogen-bond acceptors (Lipinski definition) is 1. The van der Waals surface area contributed by atoms with Crippen LogP contribution in [-0.4, -0.2) is 13.1 Å². The fourth-order valence-electron chi connectivity index (χ4n) is 2.60. The van der Waals surface area contributed by atoms with Gasteiger partial charge in [-0.3, -0.25) is 0 Å². The Morgan fingerprint density at radius 3 is 2.26 bits per heavy atom. The zero-order valence-corrected chi connectivity index (χ0v) is 10.5. The molecule has 0 saturated carbocycles. The molecular formula is C16H15F2N. The first-order valence-electron chi connectivity index (χ1n) is 6.52. The number of halogens is 2. The lowest BCUT2D eigenvalue weighted by Gasteiger charge is -2.10. The second kappa shape index (κ2) is 5.10. The summed E-state index contributed by atoms with van der Waals surface area (Å²) >= 11 is 0. The van der Waals surface area contributed by atoms with E-state index in [1.165, 1.54) is 29.3 Å². The molecule has 1 aliphatic rings. The van der Waals surface area contributed by atoms with E-state index in [1.54, 1.807) is 0 Å². The predicted octanol–water partition coefficient (Wildman–Crippen LogP) is 3.32. The molecule has 3 rings (SSSR count). The van der Waals surface area contributed by atoms with Crippen molar-refractivity contribution in [2.24, 2.45) is 0 Å². The van der Waals surface area contributed by atoms with Crippen molar-refractivity contribution in [2.45, 2.75) is 12.8 Å². The van der Waals surface area contributed by atoms with Crippen molar-refractivity contribution < 1.29 is 8.78 Å². The van der Waals surface area contributed by atoms with E-state index in [2.05, 4.69) is 5.32 Å². The summed E-state index contributed by atoms with van der Waals surface area (Å²) in [4.78, 5) is 0. The van der Waals surface area contributed by atoms with Gasteiger partial charge in [-0.15, -0.1) is 0 Å². The molecule has 0 aromatic heterocycles. The third-order valence-electron chi connectivity index (χ3n) is 3.60. The van der Waals surface area contributed by atoms with Gasteiger partial charge in [0.15, 0.2) is 0 Å². The van der Waals surface area contributed by atoms with Gasteiger partial charge in [0.25, 0.3) is 0 Å². The molecule has 3 heteroatoms. The van der Waals surface area contributed by atoms with Crippen LogP contribution in [-0.2, 0) is 12.8 Å². The highest BCUT2D eigenvalue weighted by Crippen LogP contribution is 2.28. The molecule has 0 unspecified atom stereocenters. The summed E-state index contributed by atoms with van der Waals surface area (Å²) in [6.07, 6.45) is 1.87.